The Labute approximate surface area is 298 Å². The van der Waals surface area contributed by atoms with Crippen molar-refractivity contribution in [1.29, 1.82) is 0 Å². The first-order valence-corrected chi connectivity index (χ1v) is 19.1. The number of methoxy groups -OCH3 is 1. The van der Waals surface area contributed by atoms with Crippen molar-refractivity contribution in [1.82, 2.24) is 5.32 Å². The molecule has 15 unspecified atom stereocenters. The maximum atomic E-state index is 12.0. The summed E-state index contributed by atoms with van der Waals surface area (Å²) in [6.45, 7) is 16.0. The molecule has 3 heterocycles. The molecule has 11 heteroatoms. The second-order valence-corrected chi connectivity index (χ2v) is 18.5. The van der Waals surface area contributed by atoms with Gasteiger partial charge in [0, 0.05) is 19.4 Å². The molecule has 2 saturated carbocycles. The molecule has 0 aromatic heterocycles. The van der Waals surface area contributed by atoms with Crippen LogP contribution >= 0.6 is 0 Å². The van der Waals surface area contributed by atoms with E-state index in [-0.39, 0.29) is 53.2 Å². The number of carbonyl (C=O) groups is 1. The molecule has 1 amide bonds. The average molecular weight is 708 g/mol. The second kappa shape index (κ2) is 13.6. The van der Waals surface area contributed by atoms with Crippen molar-refractivity contribution < 1.29 is 48.9 Å². The Kier molecular flexibility index (Phi) is 10.5. The van der Waals surface area contributed by atoms with Crippen molar-refractivity contribution >= 4 is 5.91 Å². The van der Waals surface area contributed by atoms with Crippen molar-refractivity contribution in [2.45, 2.75) is 186 Å². The summed E-state index contributed by atoms with van der Waals surface area (Å²) in [7, 11) is 1.50. The quantitative estimate of drug-likeness (QED) is 0.236. The summed E-state index contributed by atoms with van der Waals surface area (Å²) in [5.41, 5.74) is -0.532. The maximum Gasteiger partial charge on any atom is 0.217 e. The van der Waals surface area contributed by atoms with Crippen molar-refractivity contribution in [3.8, 4) is 0 Å². The lowest BCUT2D eigenvalue weighted by atomic mass is 9.50. The minimum atomic E-state index is -1.29. The number of aliphatic hydroxyl groups excluding tert-OH is 3. The van der Waals surface area contributed by atoms with E-state index in [9.17, 15) is 25.2 Å². The normalized spacial score (nSPS) is 48.2. The number of carbonyl (C=O) groups excluding carboxylic acids is 1. The number of amides is 1. The summed E-state index contributed by atoms with van der Waals surface area (Å²) in [6.07, 6.45) is 5.08. The Balaban J connectivity index is 1.15. The third-order valence-corrected chi connectivity index (χ3v) is 14.1. The summed E-state index contributed by atoms with van der Waals surface area (Å²) in [5.74, 6) is 0.485. The van der Waals surface area contributed by atoms with Crippen LogP contribution in [-0.4, -0.2) is 112 Å². The summed E-state index contributed by atoms with van der Waals surface area (Å²) < 4.78 is 31.3. The highest BCUT2D eigenvalue weighted by molar-refractivity contribution is 5.73. The molecule has 3 aliphatic heterocycles. The Hall–Kier alpha value is -1.15. The third kappa shape index (κ3) is 6.74. The number of nitrogens with one attached hydrogen (secondary N) is 1. The van der Waals surface area contributed by atoms with Crippen LogP contribution in [-0.2, 0) is 28.5 Å². The van der Waals surface area contributed by atoms with Gasteiger partial charge in [-0.15, -0.1) is 0 Å². The number of rotatable bonds is 8. The molecule has 15 atom stereocenters. The van der Waals surface area contributed by atoms with Crippen LogP contribution in [0.25, 0.3) is 0 Å². The molecular weight excluding hydrogens is 642 g/mol. The van der Waals surface area contributed by atoms with Gasteiger partial charge < -0.3 is 49.4 Å². The SMILES string of the molecule is COCC1OC(OC(C)(C)C2CCC3(C)C=C(C4CCC5C4(C)CC(O)C4OC(C(C)(C)O)CCC45C)CCC3O2)C(NC(C)=O)C(O)C1O. The molecular formula is C39H65NO10. The van der Waals surface area contributed by atoms with Crippen LogP contribution in [0, 0.1) is 28.1 Å². The van der Waals surface area contributed by atoms with E-state index in [2.05, 4.69) is 32.2 Å². The molecule has 286 valence electrons. The van der Waals surface area contributed by atoms with E-state index in [1.807, 2.05) is 27.7 Å². The van der Waals surface area contributed by atoms with E-state index in [0.29, 0.717) is 18.3 Å². The minimum Gasteiger partial charge on any atom is -0.390 e. The van der Waals surface area contributed by atoms with Crippen LogP contribution in [0.1, 0.15) is 113 Å². The molecule has 0 spiro atoms. The molecule has 0 bridgehead atoms. The molecule has 5 N–H and O–H groups in total. The number of ether oxygens (including phenoxy) is 5. The summed E-state index contributed by atoms with van der Waals surface area (Å²) in [6, 6.07) is -0.959. The zero-order valence-electron chi connectivity index (χ0n) is 31.8. The van der Waals surface area contributed by atoms with Gasteiger partial charge in [-0.05, 0) is 108 Å². The van der Waals surface area contributed by atoms with Crippen molar-refractivity contribution in [2.75, 3.05) is 13.7 Å². The van der Waals surface area contributed by atoms with E-state index in [1.165, 1.54) is 19.6 Å². The predicted octanol–water partition coefficient (Wildman–Crippen LogP) is 3.78. The van der Waals surface area contributed by atoms with Gasteiger partial charge in [-0.3, -0.25) is 4.79 Å². The smallest absolute Gasteiger partial charge is 0.217 e. The summed E-state index contributed by atoms with van der Waals surface area (Å²) in [4.78, 5) is 12.0. The Morgan fingerprint density at radius 2 is 1.64 bits per heavy atom. The molecule has 6 aliphatic rings. The monoisotopic (exact) mass is 707 g/mol. The minimum absolute atomic E-state index is 0.00862. The number of hydrogen-bond donors (Lipinski definition) is 5. The van der Waals surface area contributed by atoms with Crippen LogP contribution in [0.15, 0.2) is 11.6 Å². The van der Waals surface area contributed by atoms with Crippen LogP contribution in [0.2, 0.25) is 0 Å². The number of hydrogen-bond acceptors (Lipinski definition) is 10. The van der Waals surface area contributed by atoms with Gasteiger partial charge in [-0.2, -0.15) is 0 Å². The van der Waals surface area contributed by atoms with Gasteiger partial charge in [-0.1, -0.05) is 32.4 Å². The molecule has 5 fully saturated rings. The lowest BCUT2D eigenvalue weighted by molar-refractivity contribution is -0.316. The van der Waals surface area contributed by atoms with Crippen molar-refractivity contribution in [3.63, 3.8) is 0 Å². The highest BCUT2D eigenvalue weighted by Crippen LogP contribution is 2.67. The molecule has 50 heavy (non-hydrogen) atoms. The van der Waals surface area contributed by atoms with Gasteiger partial charge in [0.15, 0.2) is 6.29 Å². The lowest BCUT2D eigenvalue weighted by Crippen LogP contribution is -2.66. The fourth-order valence-electron chi connectivity index (χ4n) is 11.4. The van der Waals surface area contributed by atoms with Gasteiger partial charge in [0.25, 0.3) is 0 Å². The number of aliphatic hydroxyl groups is 4. The van der Waals surface area contributed by atoms with Crippen molar-refractivity contribution in [2.24, 2.45) is 28.1 Å². The lowest BCUT2D eigenvalue weighted by Gasteiger charge is -2.60. The van der Waals surface area contributed by atoms with Crippen LogP contribution in [0.3, 0.4) is 0 Å². The molecule has 0 radical (unpaired) electrons. The summed E-state index contributed by atoms with van der Waals surface area (Å²) >= 11 is 0. The zero-order valence-corrected chi connectivity index (χ0v) is 31.8. The van der Waals surface area contributed by atoms with Crippen LogP contribution in [0.4, 0.5) is 0 Å². The van der Waals surface area contributed by atoms with E-state index < -0.39 is 47.9 Å². The Morgan fingerprint density at radius 1 is 0.940 bits per heavy atom. The second-order valence-electron chi connectivity index (χ2n) is 18.5. The first-order valence-electron chi connectivity index (χ1n) is 19.1. The van der Waals surface area contributed by atoms with E-state index >= 15 is 0 Å². The largest absolute Gasteiger partial charge is 0.390 e. The number of allylic oxidation sites excluding steroid dienone is 1. The zero-order chi connectivity index (χ0) is 36.6. The average Bonchev–Trinajstić information content (AvgIpc) is 3.37. The maximum absolute atomic E-state index is 12.0. The molecule has 6 rings (SSSR count). The Bertz CT molecular complexity index is 1280. The third-order valence-electron chi connectivity index (χ3n) is 14.1. The molecule has 3 aliphatic carbocycles. The first kappa shape index (κ1) is 38.6. The standard InChI is InChI=1S/C39H65NO10/c1-21(41)40-30-32(44)31(43)25(20-46-9)47-34(30)50-36(4,5)28-14-16-37(6)18-22(10-13-29(37)48-28)23-11-12-26-38(7)17-15-27(35(2,3)45)49-33(38)24(42)19-39(23,26)8/h18,23-34,42-45H,10-17,19-20H2,1-9H3,(H,40,41). The highest BCUT2D eigenvalue weighted by atomic mass is 16.7. The molecule has 3 saturated heterocycles. The molecule has 11 nitrogen and oxygen atoms in total. The first-order chi connectivity index (χ1) is 23.2. The van der Waals surface area contributed by atoms with Gasteiger partial charge in [-0.25, -0.2) is 0 Å². The van der Waals surface area contributed by atoms with Crippen LogP contribution < -0.4 is 5.32 Å². The highest BCUT2D eigenvalue weighted by Gasteiger charge is 2.65. The fourth-order valence-corrected chi connectivity index (χ4v) is 11.4. The van der Waals surface area contributed by atoms with Crippen LogP contribution in [0.5, 0.6) is 0 Å². The Morgan fingerprint density at radius 3 is 2.30 bits per heavy atom. The van der Waals surface area contributed by atoms with E-state index in [4.69, 9.17) is 23.7 Å². The topological polar surface area (TPSA) is 156 Å². The molecule has 0 aromatic carbocycles. The van der Waals surface area contributed by atoms with Gasteiger partial charge >= 0.3 is 0 Å². The fraction of sp³-hybridized carbons (Fsp3) is 0.923. The van der Waals surface area contributed by atoms with E-state index in [0.717, 1.165) is 51.4 Å². The van der Waals surface area contributed by atoms with Crippen molar-refractivity contribution in [3.05, 3.63) is 11.6 Å². The van der Waals surface area contributed by atoms with Gasteiger partial charge in [0.05, 0.1) is 48.3 Å². The van der Waals surface area contributed by atoms with E-state index in [1.54, 1.807) is 0 Å². The van der Waals surface area contributed by atoms with Gasteiger partial charge in [0.2, 0.25) is 5.91 Å². The molecule has 0 aromatic rings. The summed E-state index contributed by atoms with van der Waals surface area (Å²) in [5, 5.41) is 46.7. The predicted molar refractivity (Wildman–Crippen MR) is 186 cm³/mol. The van der Waals surface area contributed by atoms with Gasteiger partial charge in [0.1, 0.15) is 24.4 Å². The number of fused-ring (bicyclic) bond motifs is 4.